The van der Waals surface area contributed by atoms with E-state index < -0.39 is 0 Å². The number of hydrogen-bond acceptors (Lipinski definition) is 3. The number of fused-ring (bicyclic) bond motifs is 2. The second-order valence-electron chi connectivity index (χ2n) is 5.25. The second-order valence-corrected chi connectivity index (χ2v) is 5.25. The van der Waals surface area contributed by atoms with Crippen LogP contribution in [0.1, 0.15) is 19.3 Å². The van der Waals surface area contributed by atoms with Crippen LogP contribution in [0.5, 0.6) is 0 Å². The number of ether oxygens (including phenoxy) is 1. The van der Waals surface area contributed by atoms with Crippen LogP contribution in [0.3, 0.4) is 0 Å². The van der Waals surface area contributed by atoms with Crippen molar-refractivity contribution in [3.63, 3.8) is 0 Å². The van der Waals surface area contributed by atoms with Gasteiger partial charge in [-0.05, 0) is 37.8 Å². The first-order valence-corrected chi connectivity index (χ1v) is 6.47. The minimum Gasteiger partial charge on any atom is -0.379 e. The minimum absolute atomic E-state index is 0.865. The Morgan fingerprint density at radius 3 is 2.33 bits per heavy atom. The van der Waals surface area contributed by atoms with Crippen molar-refractivity contribution in [2.75, 3.05) is 39.4 Å². The number of rotatable bonds is 1. The van der Waals surface area contributed by atoms with E-state index in [0.29, 0.717) is 0 Å². The number of hydrogen-bond donors (Lipinski definition) is 1. The van der Waals surface area contributed by atoms with Gasteiger partial charge in [-0.3, -0.25) is 4.90 Å². The Morgan fingerprint density at radius 1 is 1.00 bits per heavy atom. The van der Waals surface area contributed by atoms with Crippen molar-refractivity contribution in [1.29, 1.82) is 0 Å². The van der Waals surface area contributed by atoms with E-state index in [9.17, 15) is 0 Å². The SMILES string of the molecule is C1CC2CNCC(C1)C2N1CCOCC1. The first-order chi connectivity index (χ1) is 7.45. The first kappa shape index (κ1) is 10.1. The van der Waals surface area contributed by atoms with E-state index in [4.69, 9.17) is 4.74 Å². The van der Waals surface area contributed by atoms with Gasteiger partial charge in [0, 0.05) is 19.1 Å². The predicted molar refractivity (Wildman–Crippen MR) is 59.9 cm³/mol. The van der Waals surface area contributed by atoms with E-state index in [2.05, 4.69) is 10.2 Å². The molecule has 15 heavy (non-hydrogen) atoms. The summed E-state index contributed by atoms with van der Waals surface area (Å²) in [6.45, 7) is 6.72. The number of piperidine rings is 1. The molecule has 3 fully saturated rings. The standard InChI is InChI=1S/C12H22N2O/c1-2-10-8-13-9-11(3-1)12(10)14-4-6-15-7-5-14/h10-13H,1-9H2. The minimum atomic E-state index is 0.865. The second kappa shape index (κ2) is 4.40. The molecule has 1 aliphatic carbocycles. The molecule has 3 rings (SSSR count). The average molecular weight is 210 g/mol. The first-order valence-electron chi connectivity index (χ1n) is 6.47. The lowest BCUT2D eigenvalue weighted by atomic mass is 9.73. The summed E-state index contributed by atoms with van der Waals surface area (Å²) in [4.78, 5) is 2.71. The molecule has 1 N–H and O–H groups in total. The third-order valence-corrected chi connectivity index (χ3v) is 4.40. The Hall–Kier alpha value is -0.120. The molecular weight excluding hydrogens is 188 g/mol. The molecule has 2 heterocycles. The molecule has 3 heteroatoms. The van der Waals surface area contributed by atoms with Gasteiger partial charge in [-0.1, -0.05) is 6.42 Å². The van der Waals surface area contributed by atoms with Crippen molar-refractivity contribution in [3.8, 4) is 0 Å². The molecule has 2 aliphatic heterocycles. The molecule has 1 saturated carbocycles. The summed E-state index contributed by atoms with van der Waals surface area (Å²) in [5, 5.41) is 3.60. The molecule has 0 aromatic rings. The zero-order valence-corrected chi connectivity index (χ0v) is 9.45. The maximum atomic E-state index is 5.46. The van der Waals surface area contributed by atoms with Crippen LogP contribution in [-0.2, 0) is 4.74 Å². The highest BCUT2D eigenvalue weighted by atomic mass is 16.5. The molecule has 3 aliphatic rings. The molecular formula is C12H22N2O. The van der Waals surface area contributed by atoms with E-state index in [1.807, 2.05) is 0 Å². The van der Waals surface area contributed by atoms with Gasteiger partial charge >= 0.3 is 0 Å². The summed E-state index contributed by atoms with van der Waals surface area (Å²) < 4.78 is 5.46. The number of nitrogens with one attached hydrogen (secondary N) is 1. The molecule has 0 aromatic heterocycles. The van der Waals surface area contributed by atoms with Gasteiger partial charge in [0.25, 0.3) is 0 Å². The third kappa shape index (κ3) is 1.93. The largest absolute Gasteiger partial charge is 0.379 e. The van der Waals surface area contributed by atoms with E-state index in [-0.39, 0.29) is 0 Å². The van der Waals surface area contributed by atoms with Crippen LogP contribution in [0.25, 0.3) is 0 Å². The van der Waals surface area contributed by atoms with Gasteiger partial charge in [0.15, 0.2) is 0 Å². The van der Waals surface area contributed by atoms with Crippen LogP contribution in [-0.4, -0.2) is 50.3 Å². The van der Waals surface area contributed by atoms with Gasteiger partial charge < -0.3 is 10.1 Å². The van der Waals surface area contributed by atoms with Crippen LogP contribution in [0.15, 0.2) is 0 Å². The Labute approximate surface area is 92.2 Å². The lowest BCUT2D eigenvalue weighted by molar-refractivity contribution is -0.0361. The number of nitrogens with zero attached hydrogens (tertiary/aromatic N) is 1. The summed E-state index contributed by atoms with van der Waals surface area (Å²) in [7, 11) is 0. The molecule has 2 bridgehead atoms. The molecule has 2 atom stereocenters. The highest BCUT2D eigenvalue weighted by Gasteiger charge is 2.39. The molecule has 86 valence electrons. The van der Waals surface area contributed by atoms with Crippen LogP contribution >= 0.6 is 0 Å². The Morgan fingerprint density at radius 2 is 1.67 bits per heavy atom. The van der Waals surface area contributed by atoms with Crippen molar-refractivity contribution in [2.45, 2.75) is 25.3 Å². The van der Waals surface area contributed by atoms with E-state index in [1.54, 1.807) is 0 Å². The fraction of sp³-hybridized carbons (Fsp3) is 1.00. The molecule has 0 spiro atoms. The third-order valence-electron chi connectivity index (χ3n) is 4.40. The normalized spacial score (nSPS) is 42.8. The molecule has 2 saturated heterocycles. The highest BCUT2D eigenvalue weighted by molar-refractivity contribution is 4.95. The van der Waals surface area contributed by atoms with Crippen LogP contribution in [0.2, 0.25) is 0 Å². The highest BCUT2D eigenvalue weighted by Crippen LogP contribution is 2.35. The van der Waals surface area contributed by atoms with Gasteiger partial charge in [-0.2, -0.15) is 0 Å². The van der Waals surface area contributed by atoms with Crippen molar-refractivity contribution < 1.29 is 4.74 Å². The van der Waals surface area contributed by atoms with Gasteiger partial charge in [-0.15, -0.1) is 0 Å². The maximum Gasteiger partial charge on any atom is 0.0594 e. The fourth-order valence-electron chi connectivity index (χ4n) is 3.74. The predicted octanol–water partition coefficient (Wildman–Crippen LogP) is 0.707. The Balaban J connectivity index is 1.71. The zero-order valence-electron chi connectivity index (χ0n) is 9.45. The Kier molecular flexibility index (Phi) is 2.95. The molecule has 0 radical (unpaired) electrons. The lowest BCUT2D eigenvalue weighted by Gasteiger charge is -2.49. The summed E-state index contributed by atoms with van der Waals surface area (Å²) >= 11 is 0. The monoisotopic (exact) mass is 210 g/mol. The van der Waals surface area contributed by atoms with Crippen LogP contribution < -0.4 is 5.32 Å². The molecule has 2 unspecified atom stereocenters. The molecule has 3 nitrogen and oxygen atoms in total. The number of morpholine rings is 1. The van der Waals surface area contributed by atoms with E-state index in [0.717, 1.165) is 44.2 Å². The summed E-state index contributed by atoms with van der Waals surface area (Å²) in [5.41, 5.74) is 0. The Bertz CT molecular complexity index is 194. The van der Waals surface area contributed by atoms with Crippen molar-refractivity contribution >= 4 is 0 Å². The quantitative estimate of drug-likeness (QED) is 0.690. The van der Waals surface area contributed by atoms with Gasteiger partial charge in [0.05, 0.1) is 13.2 Å². The lowest BCUT2D eigenvalue weighted by Crippen LogP contribution is -2.59. The van der Waals surface area contributed by atoms with Gasteiger partial charge in [0.2, 0.25) is 0 Å². The smallest absolute Gasteiger partial charge is 0.0594 e. The van der Waals surface area contributed by atoms with Crippen molar-refractivity contribution in [2.24, 2.45) is 11.8 Å². The summed E-state index contributed by atoms with van der Waals surface area (Å²) in [5.74, 6) is 1.83. The average Bonchev–Trinajstić information content (AvgIpc) is 2.29. The fourth-order valence-corrected chi connectivity index (χ4v) is 3.74. The zero-order chi connectivity index (χ0) is 10.1. The molecule has 0 amide bonds. The summed E-state index contributed by atoms with van der Waals surface area (Å²) in [6.07, 6.45) is 4.33. The summed E-state index contributed by atoms with van der Waals surface area (Å²) in [6, 6.07) is 0.865. The van der Waals surface area contributed by atoms with E-state index in [1.165, 1.54) is 32.4 Å². The van der Waals surface area contributed by atoms with Crippen molar-refractivity contribution in [1.82, 2.24) is 10.2 Å². The van der Waals surface area contributed by atoms with Crippen molar-refractivity contribution in [3.05, 3.63) is 0 Å². The van der Waals surface area contributed by atoms with E-state index >= 15 is 0 Å². The van der Waals surface area contributed by atoms with Crippen LogP contribution in [0, 0.1) is 11.8 Å². The molecule has 0 aromatic carbocycles. The van der Waals surface area contributed by atoms with Crippen LogP contribution in [0.4, 0.5) is 0 Å². The van der Waals surface area contributed by atoms with Gasteiger partial charge in [0.1, 0.15) is 0 Å². The van der Waals surface area contributed by atoms with Gasteiger partial charge in [-0.25, -0.2) is 0 Å². The maximum absolute atomic E-state index is 5.46. The topological polar surface area (TPSA) is 24.5 Å².